The molecule has 1 aliphatic carbocycles. The van der Waals surface area contributed by atoms with E-state index in [1.54, 1.807) is 18.2 Å². The Morgan fingerprint density at radius 3 is 2.45 bits per heavy atom. The second kappa shape index (κ2) is 8.96. The van der Waals surface area contributed by atoms with Gasteiger partial charge in [0, 0.05) is 24.5 Å². The van der Waals surface area contributed by atoms with Crippen molar-refractivity contribution in [3.05, 3.63) is 22.4 Å². The average molecular weight is 500 g/mol. The molecule has 2 aromatic rings. The van der Waals surface area contributed by atoms with Crippen molar-refractivity contribution in [1.29, 1.82) is 5.26 Å². The molecule has 5 rings (SSSR count). The Bertz CT molecular complexity index is 955. The highest BCUT2D eigenvalue weighted by Gasteiger charge is 2.43. The molecule has 3 aliphatic rings. The Kier molecular flexibility index (Phi) is 6.47. The van der Waals surface area contributed by atoms with Gasteiger partial charge in [-0.1, -0.05) is 19.3 Å². The van der Waals surface area contributed by atoms with E-state index < -0.39 is 12.7 Å². The fourth-order valence-electron chi connectivity index (χ4n) is 4.25. The Balaban J connectivity index is 0.000000275. The van der Waals surface area contributed by atoms with Gasteiger partial charge in [-0.05, 0) is 40.9 Å². The molecule has 31 heavy (non-hydrogen) atoms. The van der Waals surface area contributed by atoms with Crippen LogP contribution in [0.1, 0.15) is 37.9 Å². The van der Waals surface area contributed by atoms with Gasteiger partial charge in [0.2, 0.25) is 5.82 Å². The van der Waals surface area contributed by atoms with E-state index in [2.05, 4.69) is 31.5 Å². The van der Waals surface area contributed by atoms with Crippen LogP contribution in [0.2, 0.25) is 0 Å². The average Bonchev–Trinajstić information content (AvgIpc) is 2.99. The van der Waals surface area contributed by atoms with E-state index in [4.69, 9.17) is 10.00 Å². The number of nitriles is 1. The number of anilines is 1. The molecule has 2 aliphatic heterocycles. The minimum Gasteiger partial charge on any atom is -0.381 e. The summed E-state index contributed by atoms with van der Waals surface area (Å²) in [6.45, 7) is 3.14. The number of halogens is 4. The van der Waals surface area contributed by atoms with Crippen molar-refractivity contribution in [3.8, 4) is 6.07 Å². The Morgan fingerprint density at radius 1 is 1.26 bits per heavy atom. The minimum absolute atomic E-state index is 0.238. The van der Waals surface area contributed by atoms with Crippen molar-refractivity contribution in [2.45, 2.75) is 50.9 Å². The van der Waals surface area contributed by atoms with Gasteiger partial charge >= 0.3 is 6.18 Å². The Hall–Kier alpha value is -1.83. The van der Waals surface area contributed by atoms with Gasteiger partial charge in [-0.25, -0.2) is 4.98 Å². The normalized spacial score (nSPS) is 20.4. The molecule has 168 valence electrons. The maximum absolute atomic E-state index is 12.9. The predicted molar refractivity (Wildman–Crippen MR) is 115 cm³/mol. The summed E-state index contributed by atoms with van der Waals surface area (Å²) in [5, 5.41) is 15.7. The van der Waals surface area contributed by atoms with Gasteiger partial charge < -0.3 is 19.9 Å². The summed E-state index contributed by atoms with van der Waals surface area (Å²) >= 11 is 3.41. The summed E-state index contributed by atoms with van der Waals surface area (Å²) in [5.41, 5.74) is 2.02. The number of benzene rings is 1. The minimum atomic E-state index is -4.43. The summed E-state index contributed by atoms with van der Waals surface area (Å²) < 4.78 is 45.1. The molecule has 0 unspecified atom stereocenters. The van der Waals surface area contributed by atoms with Gasteiger partial charge in [-0.15, -0.1) is 0 Å². The van der Waals surface area contributed by atoms with Gasteiger partial charge in [0.1, 0.15) is 12.6 Å². The van der Waals surface area contributed by atoms with Crippen LogP contribution in [0.5, 0.6) is 0 Å². The highest BCUT2D eigenvalue weighted by atomic mass is 79.9. The van der Waals surface area contributed by atoms with Crippen LogP contribution in [0.3, 0.4) is 0 Å². The lowest BCUT2D eigenvalue weighted by molar-refractivity contribution is -0.140. The van der Waals surface area contributed by atoms with Crippen molar-refractivity contribution < 1.29 is 17.9 Å². The van der Waals surface area contributed by atoms with Gasteiger partial charge in [-0.3, -0.25) is 0 Å². The molecular formula is C21H25BrF3N5O. The maximum atomic E-state index is 12.9. The number of imidazole rings is 1. The number of hydrogen-bond acceptors (Lipinski definition) is 5. The van der Waals surface area contributed by atoms with E-state index in [1.807, 2.05) is 0 Å². The number of nitrogens with zero attached hydrogens (tertiary/aromatic N) is 3. The Labute approximate surface area is 187 Å². The second-order valence-electron chi connectivity index (χ2n) is 8.62. The van der Waals surface area contributed by atoms with E-state index in [1.165, 1.54) is 19.5 Å². The molecule has 3 fully saturated rings. The van der Waals surface area contributed by atoms with Crippen molar-refractivity contribution in [2.24, 2.45) is 5.41 Å². The molecule has 10 heteroatoms. The van der Waals surface area contributed by atoms with Crippen LogP contribution >= 0.6 is 15.9 Å². The third kappa shape index (κ3) is 4.99. The van der Waals surface area contributed by atoms with E-state index in [0.29, 0.717) is 27.0 Å². The van der Waals surface area contributed by atoms with Crippen LogP contribution < -0.4 is 10.6 Å². The first kappa shape index (κ1) is 22.4. The monoisotopic (exact) mass is 499 g/mol. The summed E-state index contributed by atoms with van der Waals surface area (Å²) in [6, 6.07) is 5.52. The largest absolute Gasteiger partial charge is 0.406 e. The van der Waals surface area contributed by atoms with Crippen molar-refractivity contribution in [2.75, 3.05) is 31.6 Å². The smallest absolute Gasteiger partial charge is 0.381 e. The fourth-order valence-corrected chi connectivity index (χ4v) is 4.92. The molecule has 1 aromatic carbocycles. The summed E-state index contributed by atoms with van der Waals surface area (Å²) in [7, 11) is 0. The molecular weight excluding hydrogens is 475 g/mol. The number of fused-ring (bicyclic) bond motifs is 1. The molecule has 1 aromatic heterocycles. The van der Waals surface area contributed by atoms with Crippen LogP contribution in [-0.4, -0.2) is 48.1 Å². The lowest BCUT2D eigenvalue weighted by Gasteiger charge is -2.48. The molecule has 0 radical (unpaired) electrons. The lowest BCUT2D eigenvalue weighted by Crippen LogP contribution is -2.64. The molecule has 3 heterocycles. The third-order valence-corrected chi connectivity index (χ3v) is 6.87. The first-order valence-corrected chi connectivity index (χ1v) is 11.3. The number of aromatic nitrogens is 2. The number of nitrogens with one attached hydrogen (secondary N) is 2. The standard InChI is InChI=1S/C16H16BrF3N4.C5H9NO/c17-14-11(22-10-4-2-1-3-5-10)6-7-12-15(14)24(9-16(18,19)20)13(8-21)23-12;1-5(2-6-1)3-7-4-5/h6-7,10,22H,1-5,9H2;6H,1-4H2. The molecule has 0 amide bonds. The van der Waals surface area contributed by atoms with E-state index in [-0.39, 0.29) is 5.82 Å². The van der Waals surface area contributed by atoms with E-state index in [0.717, 1.165) is 49.2 Å². The van der Waals surface area contributed by atoms with Crippen molar-refractivity contribution in [1.82, 2.24) is 14.9 Å². The number of ether oxygens (including phenoxy) is 1. The number of hydrogen-bond donors (Lipinski definition) is 2. The van der Waals surface area contributed by atoms with Crippen LogP contribution in [0, 0.1) is 16.7 Å². The van der Waals surface area contributed by atoms with Gasteiger partial charge in [0.05, 0.1) is 34.4 Å². The first-order valence-electron chi connectivity index (χ1n) is 10.5. The summed E-state index contributed by atoms with van der Waals surface area (Å²) in [4.78, 5) is 4.01. The third-order valence-electron chi connectivity index (χ3n) is 6.07. The van der Waals surface area contributed by atoms with Crippen LogP contribution in [0.15, 0.2) is 16.6 Å². The molecule has 1 saturated carbocycles. The highest BCUT2D eigenvalue weighted by Crippen LogP contribution is 2.35. The quantitative estimate of drug-likeness (QED) is 0.646. The predicted octanol–water partition coefficient (Wildman–Crippen LogP) is 4.58. The zero-order chi connectivity index (χ0) is 22.1. The van der Waals surface area contributed by atoms with Crippen LogP contribution in [-0.2, 0) is 11.3 Å². The SMILES string of the molecule is C1NCC12COC2.N#Cc1nc2ccc(NC3CCCCC3)c(Br)c2n1CC(F)(F)F. The van der Waals surface area contributed by atoms with Crippen molar-refractivity contribution >= 4 is 32.7 Å². The van der Waals surface area contributed by atoms with Crippen molar-refractivity contribution in [3.63, 3.8) is 0 Å². The van der Waals surface area contributed by atoms with Gasteiger partial charge in [0.15, 0.2) is 0 Å². The van der Waals surface area contributed by atoms with Gasteiger partial charge in [0.25, 0.3) is 0 Å². The zero-order valence-corrected chi connectivity index (χ0v) is 18.7. The first-order chi connectivity index (χ1) is 14.8. The maximum Gasteiger partial charge on any atom is 0.406 e. The molecule has 0 bridgehead atoms. The number of rotatable bonds is 3. The topological polar surface area (TPSA) is 74.9 Å². The molecule has 6 nitrogen and oxygen atoms in total. The van der Waals surface area contributed by atoms with E-state index in [9.17, 15) is 13.2 Å². The summed E-state index contributed by atoms with van der Waals surface area (Å²) in [5.74, 6) is -0.238. The van der Waals surface area contributed by atoms with Crippen LogP contribution in [0.4, 0.5) is 18.9 Å². The lowest BCUT2D eigenvalue weighted by atomic mass is 9.80. The second-order valence-corrected chi connectivity index (χ2v) is 9.41. The van der Waals surface area contributed by atoms with Crippen LogP contribution in [0.25, 0.3) is 11.0 Å². The Morgan fingerprint density at radius 2 is 1.97 bits per heavy atom. The molecule has 0 atom stereocenters. The van der Waals surface area contributed by atoms with Gasteiger partial charge in [-0.2, -0.15) is 18.4 Å². The zero-order valence-electron chi connectivity index (χ0n) is 17.1. The fraction of sp³-hybridized carbons (Fsp3) is 0.619. The summed E-state index contributed by atoms with van der Waals surface area (Å²) in [6.07, 6.45) is 1.21. The van der Waals surface area contributed by atoms with E-state index >= 15 is 0 Å². The highest BCUT2D eigenvalue weighted by molar-refractivity contribution is 9.10. The molecule has 2 saturated heterocycles. The molecule has 2 N–H and O–H groups in total. The number of alkyl halides is 3. The molecule has 1 spiro atoms.